The van der Waals surface area contributed by atoms with Gasteiger partial charge in [0.05, 0.1) is 0 Å². The van der Waals surface area contributed by atoms with Crippen LogP contribution in [-0.2, 0) is 12.8 Å². The van der Waals surface area contributed by atoms with Crippen molar-refractivity contribution in [2.24, 2.45) is 5.92 Å². The molecule has 3 rings (SSSR count). The fraction of sp³-hybridized carbons (Fsp3) is 0.789. The largest absolute Gasteiger partial charge is 0.307 e. The monoisotopic (exact) mass is 305 g/mol. The quantitative estimate of drug-likeness (QED) is 0.710. The molecule has 2 aliphatic carbocycles. The summed E-state index contributed by atoms with van der Waals surface area (Å²) in [5, 5.41) is 3.91. The van der Waals surface area contributed by atoms with Crippen LogP contribution in [0.2, 0.25) is 0 Å². The zero-order valence-corrected chi connectivity index (χ0v) is 14.6. The van der Waals surface area contributed by atoms with Crippen molar-refractivity contribution >= 4 is 11.3 Å². The molecule has 0 saturated heterocycles. The van der Waals surface area contributed by atoms with Crippen LogP contribution in [0, 0.1) is 5.92 Å². The van der Waals surface area contributed by atoms with Crippen molar-refractivity contribution < 1.29 is 0 Å². The van der Waals surface area contributed by atoms with E-state index in [1.807, 2.05) is 0 Å². The van der Waals surface area contributed by atoms with Gasteiger partial charge in [0.1, 0.15) is 0 Å². The summed E-state index contributed by atoms with van der Waals surface area (Å²) < 4.78 is 0. The number of rotatable bonds is 4. The Morgan fingerprint density at radius 1 is 1.00 bits per heavy atom. The van der Waals surface area contributed by atoms with Gasteiger partial charge >= 0.3 is 0 Å². The van der Waals surface area contributed by atoms with Crippen LogP contribution in [-0.4, -0.2) is 6.04 Å². The maximum absolute atomic E-state index is 3.91. The molecule has 21 heavy (non-hydrogen) atoms. The first-order valence-electron chi connectivity index (χ1n) is 9.11. The van der Waals surface area contributed by atoms with Crippen LogP contribution >= 0.6 is 11.3 Å². The Labute approximate surface area is 134 Å². The molecule has 1 saturated carbocycles. The Morgan fingerprint density at radius 3 is 2.43 bits per heavy atom. The predicted octanol–water partition coefficient (Wildman–Crippen LogP) is 5.64. The molecule has 1 nitrogen and oxygen atoms in total. The lowest BCUT2D eigenvalue weighted by atomic mass is 9.92. The highest BCUT2D eigenvalue weighted by Crippen LogP contribution is 2.34. The molecule has 118 valence electrons. The lowest BCUT2D eigenvalue weighted by Crippen LogP contribution is -2.35. The molecule has 0 amide bonds. The third-order valence-electron chi connectivity index (χ3n) is 5.56. The highest BCUT2D eigenvalue weighted by atomic mass is 32.1. The number of fused-ring (bicyclic) bond motifs is 1. The van der Waals surface area contributed by atoms with E-state index >= 15 is 0 Å². The SMILES string of the molecule is CC(N[C@H](C)C1CCCCCC1)c1cc2c(s1)CCCC2. The van der Waals surface area contributed by atoms with Gasteiger partial charge < -0.3 is 5.32 Å². The van der Waals surface area contributed by atoms with Gasteiger partial charge in [-0.25, -0.2) is 0 Å². The summed E-state index contributed by atoms with van der Waals surface area (Å²) in [5.74, 6) is 0.893. The Morgan fingerprint density at radius 2 is 1.71 bits per heavy atom. The Kier molecular flexibility index (Phi) is 5.39. The van der Waals surface area contributed by atoms with E-state index in [0.29, 0.717) is 12.1 Å². The van der Waals surface area contributed by atoms with Crippen molar-refractivity contribution in [2.75, 3.05) is 0 Å². The molecule has 0 aromatic carbocycles. The number of hydrogen-bond donors (Lipinski definition) is 1. The number of nitrogens with one attached hydrogen (secondary N) is 1. The lowest BCUT2D eigenvalue weighted by Gasteiger charge is -2.26. The molecule has 0 radical (unpaired) electrons. The van der Waals surface area contributed by atoms with Crippen LogP contribution in [0.4, 0.5) is 0 Å². The minimum Gasteiger partial charge on any atom is -0.307 e. The summed E-state index contributed by atoms with van der Waals surface area (Å²) in [6.45, 7) is 4.78. The van der Waals surface area contributed by atoms with Crippen LogP contribution in [0.3, 0.4) is 0 Å². The van der Waals surface area contributed by atoms with Gasteiger partial charge in [-0.1, -0.05) is 25.7 Å². The standard InChI is InChI=1S/C19H31NS/c1-14(16-9-5-3-4-6-10-16)20-15(2)19-13-17-11-7-8-12-18(17)21-19/h13-16,20H,3-12H2,1-2H3/t14-,15?/m1/s1. The topological polar surface area (TPSA) is 12.0 Å². The molecule has 0 aliphatic heterocycles. The first-order valence-corrected chi connectivity index (χ1v) is 9.93. The van der Waals surface area contributed by atoms with E-state index in [-0.39, 0.29) is 0 Å². The third kappa shape index (κ3) is 3.90. The molecule has 1 heterocycles. The average molecular weight is 306 g/mol. The summed E-state index contributed by atoms with van der Waals surface area (Å²) >= 11 is 2.07. The molecular weight excluding hydrogens is 274 g/mol. The van der Waals surface area contributed by atoms with Crippen LogP contribution in [0.1, 0.15) is 86.6 Å². The molecule has 2 atom stereocenters. The minimum atomic E-state index is 0.527. The van der Waals surface area contributed by atoms with E-state index in [1.165, 1.54) is 64.2 Å². The first kappa shape index (κ1) is 15.6. The molecule has 1 unspecified atom stereocenters. The fourth-order valence-corrected chi connectivity index (χ4v) is 5.42. The fourth-order valence-electron chi connectivity index (χ4n) is 4.15. The zero-order chi connectivity index (χ0) is 14.7. The van der Waals surface area contributed by atoms with Gasteiger partial charge in [-0.15, -0.1) is 11.3 Å². The van der Waals surface area contributed by atoms with Crippen LogP contribution < -0.4 is 5.32 Å². The Bertz CT molecular complexity index is 419. The van der Waals surface area contributed by atoms with Crippen molar-refractivity contribution in [2.45, 2.75) is 90.1 Å². The van der Waals surface area contributed by atoms with Crippen molar-refractivity contribution in [3.05, 3.63) is 21.4 Å². The minimum absolute atomic E-state index is 0.527. The number of aryl methyl sites for hydroxylation is 2. The molecule has 1 fully saturated rings. The van der Waals surface area contributed by atoms with Crippen molar-refractivity contribution in [3.63, 3.8) is 0 Å². The molecule has 1 aromatic rings. The predicted molar refractivity (Wildman–Crippen MR) is 93.2 cm³/mol. The van der Waals surface area contributed by atoms with Gasteiger partial charge in [-0.3, -0.25) is 0 Å². The van der Waals surface area contributed by atoms with Crippen LogP contribution in [0.15, 0.2) is 6.07 Å². The Balaban J connectivity index is 1.59. The molecule has 2 aliphatic rings. The van der Waals surface area contributed by atoms with E-state index in [9.17, 15) is 0 Å². The summed E-state index contributed by atoms with van der Waals surface area (Å²) in [6, 6.07) is 3.69. The summed E-state index contributed by atoms with van der Waals surface area (Å²) in [7, 11) is 0. The number of thiophene rings is 1. The maximum Gasteiger partial charge on any atom is 0.0388 e. The molecule has 1 N–H and O–H groups in total. The normalized spacial score (nSPS) is 23.3. The molecular formula is C19H31NS. The highest BCUT2D eigenvalue weighted by Gasteiger charge is 2.22. The van der Waals surface area contributed by atoms with Crippen molar-refractivity contribution in [1.82, 2.24) is 5.32 Å². The van der Waals surface area contributed by atoms with E-state index in [4.69, 9.17) is 0 Å². The molecule has 1 aromatic heterocycles. The second-order valence-electron chi connectivity index (χ2n) is 7.23. The molecule has 0 spiro atoms. The van der Waals surface area contributed by atoms with Crippen LogP contribution in [0.5, 0.6) is 0 Å². The molecule has 0 bridgehead atoms. The van der Waals surface area contributed by atoms with E-state index < -0.39 is 0 Å². The van der Waals surface area contributed by atoms with E-state index in [0.717, 1.165) is 5.92 Å². The van der Waals surface area contributed by atoms with Crippen molar-refractivity contribution in [3.8, 4) is 0 Å². The average Bonchev–Trinajstić information content (AvgIpc) is 2.73. The zero-order valence-electron chi connectivity index (χ0n) is 13.8. The van der Waals surface area contributed by atoms with Gasteiger partial charge in [0.15, 0.2) is 0 Å². The van der Waals surface area contributed by atoms with E-state index in [2.05, 4.69) is 36.6 Å². The Hall–Kier alpha value is -0.340. The highest BCUT2D eigenvalue weighted by molar-refractivity contribution is 7.12. The van der Waals surface area contributed by atoms with E-state index in [1.54, 1.807) is 15.3 Å². The smallest absolute Gasteiger partial charge is 0.0388 e. The molecule has 2 heteroatoms. The third-order valence-corrected chi connectivity index (χ3v) is 6.98. The first-order chi connectivity index (χ1) is 10.2. The summed E-state index contributed by atoms with van der Waals surface area (Å²) in [6.07, 6.45) is 14.1. The van der Waals surface area contributed by atoms with Crippen molar-refractivity contribution in [1.29, 1.82) is 0 Å². The van der Waals surface area contributed by atoms with Gasteiger partial charge in [-0.05, 0) is 69.9 Å². The number of hydrogen-bond acceptors (Lipinski definition) is 2. The van der Waals surface area contributed by atoms with Gasteiger partial charge in [0.25, 0.3) is 0 Å². The summed E-state index contributed by atoms with van der Waals surface area (Å²) in [4.78, 5) is 3.24. The second-order valence-corrected chi connectivity index (χ2v) is 8.40. The summed E-state index contributed by atoms with van der Waals surface area (Å²) in [5.41, 5.74) is 1.65. The van der Waals surface area contributed by atoms with Crippen LogP contribution in [0.25, 0.3) is 0 Å². The lowest BCUT2D eigenvalue weighted by molar-refractivity contribution is 0.318. The second kappa shape index (κ2) is 7.28. The van der Waals surface area contributed by atoms with Gasteiger partial charge in [0.2, 0.25) is 0 Å². The van der Waals surface area contributed by atoms with Gasteiger partial charge in [-0.2, -0.15) is 0 Å². The van der Waals surface area contributed by atoms with Gasteiger partial charge in [0, 0.05) is 21.8 Å². The maximum atomic E-state index is 3.91.